The van der Waals surface area contributed by atoms with E-state index in [9.17, 15) is 4.79 Å². The zero-order valence-corrected chi connectivity index (χ0v) is 11.3. The van der Waals surface area contributed by atoms with E-state index in [1.54, 1.807) is 0 Å². The average molecular weight is 264 g/mol. The molecule has 14 heavy (non-hydrogen) atoms. The maximum atomic E-state index is 11.7. The fraction of sp³-hybridized carbons (Fsp3) is 0.909. The summed E-state index contributed by atoms with van der Waals surface area (Å²) in [5, 5.41) is 4.00. The number of rotatable bonds is 6. The lowest BCUT2D eigenvalue weighted by Crippen LogP contribution is -2.38. The van der Waals surface area contributed by atoms with Gasteiger partial charge in [0.05, 0.1) is 0 Å². The van der Waals surface area contributed by atoms with Crippen LogP contribution in [0.3, 0.4) is 0 Å². The first kappa shape index (κ1) is 13.9. The maximum Gasteiger partial charge on any atom is 0.225 e. The minimum Gasteiger partial charge on any atom is -0.355 e. The molecule has 0 aromatic rings. The summed E-state index contributed by atoms with van der Waals surface area (Å²) in [7, 11) is 0. The van der Waals surface area contributed by atoms with E-state index in [2.05, 4.69) is 28.2 Å². The second kappa shape index (κ2) is 6.44. The Labute approximate surface area is 96.0 Å². The summed E-state index contributed by atoms with van der Waals surface area (Å²) in [4.78, 5) is 11.7. The number of hydrogen-bond acceptors (Lipinski definition) is 1. The Hall–Kier alpha value is -0.0500. The van der Waals surface area contributed by atoms with Crippen LogP contribution in [0.4, 0.5) is 0 Å². The van der Waals surface area contributed by atoms with Crippen LogP contribution in [-0.2, 0) is 4.79 Å². The SMILES string of the molecule is CCC(C)(C)C(=O)NCC(C)CCBr. The molecule has 0 aromatic carbocycles. The van der Waals surface area contributed by atoms with Gasteiger partial charge in [0, 0.05) is 17.3 Å². The van der Waals surface area contributed by atoms with Crippen LogP contribution in [0.25, 0.3) is 0 Å². The van der Waals surface area contributed by atoms with E-state index < -0.39 is 0 Å². The summed E-state index contributed by atoms with van der Waals surface area (Å²) in [6, 6.07) is 0. The molecule has 0 spiro atoms. The van der Waals surface area contributed by atoms with Crippen LogP contribution in [0.2, 0.25) is 0 Å². The lowest BCUT2D eigenvalue weighted by atomic mass is 9.89. The summed E-state index contributed by atoms with van der Waals surface area (Å²) < 4.78 is 0. The predicted octanol–water partition coefficient (Wildman–Crippen LogP) is 2.96. The Balaban J connectivity index is 3.85. The first-order chi connectivity index (χ1) is 6.44. The van der Waals surface area contributed by atoms with E-state index >= 15 is 0 Å². The van der Waals surface area contributed by atoms with E-state index in [4.69, 9.17) is 0 Å². The van der Waals surface area contributed by atoms with Crippen molar-refractivity contribution in [2.45, 2.75) is 40.5 Å². The molecule has 0 heterocycles. The molecule has 0 radical (unpaired) electrons. The summed E-state index contributed by atoms with van der Waals surface area (Å²) in [5.41, 5.74) is -0.228. The quantitative estimate of drug-likeness (QED) is 0.734. The van der Waals surface area contributed by atoms with Crippen molar-refractivity contribution >= 4 is 21.8 Å². The molecule has 0 aliphatic carbocycles. The summed E-state index contributed by atoms with van der Waals surface area (Å²) in [5.74, 6) is 0.715. The number of halogens is 1. The van der Waals surface area contributed by atoms with E-state index in [0.29, 0.717) is 5.92 Å². The Morgan fingerprint density at radius 1 is 1.50 bits per heavy atom. The minimum atomic E-state index is -0.228. The van der Waals surface area contributed by atoms with Gasteiger partial charge in [-0.05, 0) is 18.8 Å². The molecule has 1 N–H and O–H groups in total. The maximum absolute atomic E-state index is 11.7. The lowest BCUT2D eigenvalue weighted by Gasteiger charge is -2.22. The van der Waals surface area contributed by atoms with Crippen molar-refractivity contribution in [3.8, 4) is 0 Å². The second-order valence-corrected chi connectivity index (χ2v) is 5.32. The normalized spacial score (nSPS) is 13.8. The highest BCUT2D eigenvalue weighted by atomic mass is 79.9. The Bertz CT molecular complexity index is 180. The topological polar surface area (TPSA) is 29.1 Å². The molecule has 0 saturated heterocycles. The van der Waals surface area contributed by atoms with Gasteiger partial charge in [-0.25, -0.2) is 0 Å². The molecule has 0 saturated carbocycles. The molecule has 1 atom stereocenters. The molecule has 1 amide bonds. The Morgan fingerprint density at radius 2 is 2.07 bits per heavy atom. The Morgan fingerprint density at radius 3 is 2.50 bits per heavy atom. The molecule has 0 aromatic heterocycles. The van der Waals surface area contributed by atoms with Gasteiger partial charge in [-0.1, -0.05) is 43.6 Å². The van der Waals surface area contributed by atoms with Crippen molar-refractivity contribution in [2.24, 2.45) is 11.3 Å². The summed E-state index contributed by atoms with van der Waals surface area (Å²) >= 11 is 3.40. The highest BCUT2D eigenvalue weighted by molar-refractivity contribution is 9.09. The van der Waals surface area contributed by atoms with Crippen LogP contribution in [-0.4, -0.2) is 17.8 Å². The van der Waals surface area contributed by atoms with Crippen LogP contribution in [0.15, 0.2) is 0 Å². The molecule has 0 aliphatic rings. The fourth-order valence-electron chi connectivity index (χ4n) is 0.955. The zero-order valence-electron chi connectivity index (χ0n) is 9.69. The van der Waals surface area contributed by atoms with Crippen molar-refractivity contribution in [3.63, 3.8) is 0 Å². The van der Waals surface area contributed by atoms with E-state index in [0.717, 1.165) is 24.7 Å². The molecule has 0 fully saturated rings. The standard InChI is InChI=1S/C11H22BrNO/c1-5-11(3,4)10(14)13-8-9(2)6-7-12/h9H,5-8H2,1-4H3,(H,13,14). The third kappa shape index (κ3) is 4.99. The Kier molecular flexibility index (Phi) is 6.41. The molecule has 0 bridgehead atoms. The van der Waals surface area contributed by atoms with Gasteiger partial charge in [-0.15, -0.1) is 0 Å². The smallest absolute Gasteiger partial charge is 0.225 e. The van der Waals surface area contributed by atoms with Crippen LogP contribution >= 0.6 is 15.9 Å². The first-order valence-electron chi connectivity index (χ1n) is 5.28. The van der Waals surface area contributed by atoms with Crippen molar-refractivity contribution in [3.05, 3.63) is 0 Å². The largest absolute Gasteiger partial charge is 0.355 e. The van der Waals surface area contributed by atoms with Crippen molar-refractivity contribution in [1.29, 1.82) is 0 Å². The van der Waals surface area contributed by atoms with Gasteiger partial charge in [0.1, 0.15) is 0 Å². The van der Waals surface area contributed by atoms with E-state index in [1.807, 2.05) is 20.8 Å². The van der Waals surface area contributed by atoms with Gasteiger partial charge in [-0.3, -0.25) is 4.79 Å². The molecule has 84 valence electrons. The molecular formula is C11H22BrNO. The molecule has 1 unspecified atom stereocenters. The van der Waals surface area contributed by atoms with Crippen LogP contribution in [0.1, 0.15) is 40.5 Å². The van der Waals surface area contributed by atoms with Gasteiger partial charge >= 0.3 is 0 Å². The highest BCUT2D eigenvalue weighted by Crippen LogP contribution is 2.19. The van der Waals surface area contributed by atoms with Gasteiger partial charge in [-0.2, -0.15) is 0 Å². The van der Waals surface area contributed by atoms with Gasteiger partial charge < -0.3 is 5.32 Å². The number of nitrogens with one attached hydrogen (secondary N) is 1. The third-order valence-corrected chi connectivity index (χ3v) is 3.17. The number of alkyl halides is 1. The zero-order chi connectivity index (χ0) is 11.2. The van der Waals surface area contributed by atoms with Gasteiger partial charge in [0.2, 0.25) is 5.91 Å². The van der Waals surface area contributed by atoms with Crippen molar-refractivity contribution in [2.75, 3.05) is 11.9 Å². The predicted molar refractivity (Wildman–Crippen MR) is 64.7 cm³/mol. The average Bonchev–Trinajstić information content (AvgIpc) is 2.14. The number of hydrogen-bond donors (Lipinski definition) is 1. The molecule has 2 nitrogen and oxygen atoms in total. The monoisotopic (exact) mass is 263 g/mol. The van der Waals surface area contributed by atoms with Gasteiger partial charge in [0.25, 0.3) is 0 Å². The second-order valence-electron chi connectivity index (χ2n) is 4.53. The van der Waals surface area contributed by atoms with Crippen LogP contribution in [0, 0.1) is 11.3 Å². The van der Waals surface area contributed by atoms with Crippen molar-refractivity contribution < 1.29 is 4.79 Å². The summed E-state index contributed by atoms with van der Waals surface area (Å²) in [6.45, 7) is 8.95. The highest BCUT2D eigenvalue weighted by Gasteiger charge is 2.24. The van der Waals surface area contributed by atoms with Gasteiger partial charge in [0.15, 0.2) is 0 Å². The lowest BCUT2D eigenvalue weighted by molar-refractivity contribution is -0.129. The van der Waals surface area contributed by atoms with E-state index in [1.165, 1.54) is 0 Å². The molecule has 0 aliphatic heterocycles. The molecule has 0 rings (SSSR count). The van der Waals surface area contributed by atoms with Crippen LogP contribution in [0.5, 0.6) is 0 Å². The molecule has 3 heteroatoms. The van der Waals surface area contributed by atoms with Crippen LogP contribution < -0.4 is 5.32 Å². The molecular weight excluding hydrogens is 242 g/mol. The third-order valence-electron chi connectivity index (χ3n) is 2.71. The first-order valence-corrected chi connectivity index (χ1v) is 6.40. The fourth-order valence-corrected chi connectivity index (χ4v) is 1.74. The number of amides is 1. The van der Waals surface area contributed by atoms with E-state index in [-0.39, 0.29) is 11.3 Å². The number of carbonyl (C=O) groups excluding carboxylic acids is 1. The van der Waals surface area contributed by atoms with Crippen molar-refractivity contribution in [1.82, 2.24) is 5.32 Å². The minimum absolute atomic E-state index is 0.168. The number of carbonyl (C=O) groups is 1. The summed E-state index contributed by atoms with van der Waals surface area (Å²) in [6.07, 6.45) is 1.98.